The van der Waals surface area contributed by atoms with Crippen LogP contribution in [0.1, 0.15) is 18.5 Å². The van der Waals surface area contributed by atoms with Crippen LogP contribution in [0, 0.1) is 5.92 Å². The van der Waals surface area contributed by atoms with Crippen LogP contribution in [0.5, 0.6) is 0 Å². The number of nitrogens with zero attached hydrogens (tertiary/aromatic N) is 4. The first-order valence-electron chi connectivity index (χ1n) is 4.01. The predicted octanol–water partition coefficient (Wildman–Crippen LogP) is 2.02. The molecule has 4 unspecified atom stereocenters. The lowest BCUT2D eigenvalue weighted by atomic mass is 10.1. The Morgan fingerprint density at radius 2 is 2.46 bits per heavy atom. The molecule has 1 aliphatic rings. The quantitative estimate of drug-likeness (QED) is 0.756. The molecule has 8 heteroatoms. The van der Waals surface area contributed by atoms with Gasteiger partial charge in [-0.2, -0.15) is 0 Å². The molecule has 0 radical (unpaired) electrons. The second kappa shape index (κ2) is 4.11. The maximum atomic E-state index is 4.05. The van der Waals surface area contributed by atoms with Crippen molar-refractivity contribution in [1.29, 1.82) is 0 Å². The van der Waals surface area contributed by atoms with Gasteiger partial charge in [-0.3, -0.25) is 0 Å². The molecule has 0 fully saturated rings. The Hall–Kier alpha value is 0.790. The number of fused-ring (bicyclic) bond motifs is 1. The average molecular weight is 252 g/mol. The van der Waals surface area contributed by atoms with Gasteiger partial charge in [0.1, 0.15) is 0 Å². The normalized spacial score (nSPS) is 29.8. The zero-order valence-electron chi connectivity index (χ0n) is 7.25. The number of tetrazole rings is 1. The van der Waals surface area contributed by atoms with Crippen LogP contribution < -0.4 is 0 Å². The molecule has 0 aliphatic carbocycles. The van der Waals surface area contributed by atoms with Crippen LogP contribution in [0.2, 0.25) is 0 Å². The molecule has 2 rings (SSSR count). The standard InChI is InChI=1S/C5H12N4P4/c1-3-2-4-6-7-8-9(4)5(3)13(11)12-10/h3,5,12H,2,10-11H2,1H3/t3-,5-,13?/m0/s1. The van der Waals surface area contributed by atoms with E-state index in [1.807, 2.05) is 4.68 Å². The summed E-state index contributed by atoms with van der Waals surface area (Å²) in [5.41, 5.74) is 0. The zero-order chi connectivity index (χ0) is 9.42. The van der Waals surface area contributed by atoms with E-state index in [4.69, 9.17) is 0 Å². The van der Waals surface area contributed by atoms with E-state index >= 15 is 0 Å². The van der Waals surface area contributed by atoms with Gasteiger partial charge in [-0.05, 0) is 23.6 Å². The number of aromatic nitrogens is 4. The lowest BCUT2D eigenvalue weighted by molar-refractivity contribution is 0.493. The van der Waals surface area contributed by atoms with Crippen molar-refractivity contribution in [2.75, 3.05) is 0 Å². The van der Waals surface area contributed by atoms with Crippen LogP contribution >= 0.6 is 33.1 Å². The summed E-state index contributed by atoms with van der Waals surface area (Å²) in [6, 6.07) is 0. The fourth-order valence-corrected chi connectivity index (χ4v) is 7.06. The Labute approximate surface area is 84.6 Å². The monoisotopic (exact) mass is 252 g/mol. The van der Waals surface area contributed by atoms with Gasteiger partial charge in [-0.25, -0.2) is 4.68 Å². The summed E-state index contributed by atoms with van der Waals surface area (Å²) in [5, 5.41) is 11.8. The number of hydrogen-bond acceptors (Lipinski definition) is 3. The molecule has 0 saturated carbocycles. The maximum absolute atomic E-state index is 4.05. The molecule has 0 spiro atoms. The Bertz CT molecular complexity index is 302. The summed E-state index contributed by atoms with van der Waals surface area (Å²) < 4.78 is 2.01. The van der Waals surface area contributed by atoms with E-state index in [1.165, 1.54) is 0 Å². The van der Waals surface area contributed by atoms with E-state index < -0.39 is 0 Å². The fraction of sp³-hybridized carbons (Fsp3) is 0.800. The Morgan fingerprint density at radius 1 is 1.69 bits per heavy atom. The summed E-state index contributed by atoms with van der Waals surface area (Å²) >= 11 is 0. The maximum Gasteiger partial charge on any atom is 0.152 e. The largest absolute Gasteiger partial charge is 0.221 e. The van der Waals surface area contributed by atoms with Crippen molar-refractivity contribution >= 4 is 33.1 Å². The molecule has 13 heavy (non-hydrogen) atoms. The molecule has 1 aliphatic heterocycles. The minimum atomic E-state index is -0.0518. The van der Waals surface area contributed by atoms with Crippen molar-refractivity contribution in [2.45, 2.75) is 19.1 Å². The zero-order valence-corrected chi connectivity index (χ0v) is 11.5. The lowest BCUT2D eigenvalue weighted by Gasteiger charge is -2.22. The van der Waals surface area contributed by atoms with Gasteiger partial charge in [-0.1, -0.05) is 14.9 Å². The fourth-order valence-electron chi connectivity index (χ4n) is 1.65. The van der Waals surface area contributed by atoms with Crippen molar-refractivity contribution in [3.8, 4) is 0 Å². The first kappa shape index (κ1) is 10.3. The Kier molecular flexibility index (Phi) is 3.26. The van der Waals surface area contributed by atoms with E-state index in [0.717, 1.165) is 20.2 Å². The first-order chi connectivity index (χ1) is 6.24. The van der Waals surface area contributed by atoms with E-state index in [2.05, 4.69) is 40.3 Å². The minimum absolute atomic E-state index is 0.0518. The van der Waals surface area contributed by atoms with Gasteiger partial charge in [-0.15, -0.1) is 23.0 Å². The van der Waals surface area contributed by atoms with Gasteiger partial charge in [0.2, 0.25) is 0 Å². The summed E-state index contributed by atoms with van der Waals surface area (Å²) in [5.74, 6) is 2.24. The number of rotatable bonds is 2. The molecule has 0 bridgehead atoms. The molecule has 1 aromatic rings. The lowest BCUT2D eigenvalue weighted by Crippen LogP contribution is -2.07. The van der Waals surface area contributed by atoms with Crippen LogP contribution in [0.4, 0.5) is 0 Å². The highest BCUT2D eigenvalue weighted by molar-refractivity contribution is 8.61. The minimum Gasteiger partial charge on any atom is -0.221 e. The van der Waals surface area contributed by atoms with Crippen LogP contribution in [0.25, 0.3) is 0 Å². The third kappa shape index (κ3) is 1.80. The molecular formula is C5H12N4P4. The molecular weight excluding hydrogens is 240 g/mol. The van der Waals surface area contributed by atoms with Crippen LogP contribution in [0.3, 0.4) is 0 Å². The number of hydrogen-bond donors (Lipinski definition) is 0. The molecule has 1 aromatic heterocycles. The van der Waals surface area contributed by atoms with Crippen molar-refractivity contribution in [2.24, 2.45) is 5.92 Å². The van der Waals surface area contributed by atoms with E-state index in [0.29, 0.717) is 11.7 Å². The first-order valence-corrected chi connectivity index (χ1v) is 10.7. The Morgan fingerprint density at radius 3 is 3.15 bits per heavy atom. The highest BCUT2D eigenvalue weighted by Gasteiger charge is 2.34. The highest BCUT2D eigenvalue weighted by Crippen LogP contribution is 2.75. The van der Waals surface area contributed by atoms with Crippen molar-refractivity contribution in [3.05, 3.63) is 5.82 Å². The van der Waals surface area contributed by atoms with Crippen LogP contribution in [-0.4, -0.2) is 20.2 Å². The van der Waals surface area contributed by atoms with E-state index in [9.17, 15) is 0 Å². The van der Waals surface area contributed by atoms with Gasteiger partial charge < -0.3 is 0 Å². The van der Waals surface area contributed by atoms with E-state index in [-0.39, 0.29) is 7.30 Å². The van der Waals surface area contributed by atoms with Gasteiger partial charge in [0, 0.05) is 6.42 Å². The molecule has 6 atom stereocenters. The van der Waals surface area contributed by atoms with Crippen LogP contribution in [-0.2, 0) is 6.42 Å². The van der Waals surface area contributed by atoms with Crippen LogP contribution in [0.15, 0.2) is 0 Å². The molecule has 0 saturated heterocycles. The summed E-state index contributed by atoms with van der Waals surface area (Å²) in [4.78, 5) is 0. The summed E-state index contributed by atoms with van der Waals surface area (Å²) in [7, 11) is 6.64. The van der Waals surface area contributed by atoms with Gasteiger partial charge in [0.15, 0.2) is 5.82 Å². The van der Waals surface area contributed by atoms with Crippen molar-refractivity contribution < 1.29 is 0 Å². The molecule has 4 nitrogen and oxygen atoms in total. The van der Waals surface area contributed by atoms with Crippen molar-refractivity contribution in [1.82, 2.24) is 20.2 Å². The predicted molar refractivity (Wildman–Crippen MR) is 64.4 cm³/mol. The second-order valence-corrected chi connectivity index (χ2v) is 12.6. The molecule has 0 N–H and O–H groups in total. The summed E-state index contributed by atoms with van der Waals surface area (Å²) in [6.07, 6.45) is 1.03. The third-order valence-corrected chi connectivity index (χ3v) is 13.2. The average Bonchev–Trinajstić information content (AvgIpc) is 2.62. The van der Waals surface area contributed by atoms with Gasteiger partial charge in [0.05, 0.1) is 5.78 Å². The third-order valence-electron chi connectivity index (χ3n) is 2.26. The van der Waals surface area contributed by atoms with Gasteiger partial charge in [0.25, 0.3) is 0 Å². The molecule has 2 heterocycles. The summed E-state index contributed by atoms with van der Waals surface area (Å²) in [6.45, 7) is 2.27. The SMILES string of the molecule is C[C@H]1Cc2nnnn2[C@H]1P(P)PP. The second-order valence-electron chi connectivity index (χ2n) is 3.17. The topological polar surface area (TPSA) is 43.6 Å². The van der Waals surface area contributed by atoms with Gasteiger partial charge >= 0.3 is 0 Å². The molecule has 0 aromatic carbocycles. The smallest absolute Gasteiger partial charge is 0.152 e. The molecule has 72 valence electrons. The molecule has 0 amide bonds. The van der Waals surface area contributed by atoms with Crippen molar-refractivity contribution in [3.63, 3.8) is 0 Å². The highest BCUT2D eigenvalue weighted by atomic mass is 32.6. The van der Waals surface area contributed by atoms with E-state index in [1.54, 1.807) is 0 Å². The Balaban J connectivity index is 2.28.